The molecule has 0 saturated carbocycles. The van der Waals surface area contributed by atoms with Crippen molar-refractivity contribution in [2.24, 2.45) is 0 Å². The molecule has 0 radical (unpaired) electrons. The molecule has 0 unspecified atom stereocenters. The van der Waals surface area contributed by atoms with Crippen LogP contribution < -0.4 is 15.2 Å². The molecule has 2 aromatic heterocycles. The van der Waals surface area contributed by atoms with Gasteiger partial charge in [0.2, 0.25) is 0 Å². The normalized spacial score (nSPS) is 12.0. The molecule has 2 heterocycles. The fraction of sp³-hybridized carbons (Fsp3) is 0.286. The minimum absolute atomic E-state index is 0.957. The van der Waals surface area contributed by atoms with Crippen molar-refractivity contribution in [1.29, 1.82) is 0 Å². The first-order valence-corrected chi connectivity index (χ1v) is 17.0. The largest absolute Gasteiger partial charge is 0.384 e. The summed E-state index contributed by atoms with van der Waals surface area (Å²) >= 11 is 0. The van der Waals surface area contributed by atoms with E-state index in [0.29, 0.717) is 0 Å². The van der Waals surface area contributed by atoms with Gasteiger partial charge in [-0.25, -0.2) is 4.57 Å². The maximum absolute atomic E-state index is 3.54. The fourth-order valence-electron chi connectivity index (χ4n) is 4.45. The Kier molecular flexibility index (Phi) is 12.1. The number of pyridine rings is 1. The van der Waals surface area contributed by atoms with Crippen molar-refractivity contribution in [2.45, 2.75) is 40.8 Å². The van der Waals surface area contributed by atoms with Crippen LogP contribution in [-0.2, 0) is 13.1 Å². The summed E-state index contributed by atoms with van der Waals surface area (Å²) in [5.41, 5.74) is 9.90. The van der Waals surface area contributed by atoms with Crippen molar-refractivity contribution in [3.63, 3.8) is 0 Å². The monoisotopic (exact) mass is 583 g/mol. The van der Waals surface area contributed by atoms with E-state index in [4.69, 9.17) is 0 Å². The zero-order valence-corrected chi connectivity index (χ0v) is 26.4. The Labute approximate surface area is 254 Å². The predicted octanol–water partition coefficient (Wildman–Crippen LogP) is 8.84. The number of aryl methyl sites for hydroxylation is 2. The molecule has 0 spiro atoms. The first kappa shape index (κ1) is 30.6. The quantitative estimate of drug-likeness (QED) is 0.0832. The van der Waals surface area contributed by atoms with Gasteiger partial charge in [-0.3, -0.25) is 0 Å². The molecule has 0 fully saturated rings. The lowest BCUT2D eigenvalue weighted by atomic mass is 10.1. The van der Waals surface area contributed by atoms with E-state index in [0.717, 1.165) is 37.7 Å². The third-order valence-corrected chi connectivity index (χ3v) is 9.39. The molecule has 4 rings (SSSR count). The lowest BCUT2D eigenvalue weighted by Crippen LogP contribution is -2.30. The molecule has 0 atom stereocenters. The van der Waals surface area contributed by atoms with Crippen LogP contribution in [0, 0.1) is 0 Å². The van der Waals surface area contributed by atoms with Gasteiger partial charge in [0.1, 0.15) is 6.54 Å². The van der Waals surface area contributed by atoms with Gasteiger partial charge < -0.3 is 15.2 Å². The molecular formula is C35H43N4S2+. The van der Waals surface area contributed by atoms with Crippen molar-refractivity contribution in [3.05, 3.63) is 114 Å². The Morgan fingerprint density at radius 1 is 0.707 bits per heavy atom. The van der Waals surface area contributed by atoms with Crippen molar-refractivity contribution < 1.29 is 4.57 Å². The molecule has 0 aliphatic rings. The molecule has 0 aliphatic heterocycles. The summed E-state index contributed by atoms with van der Waals surface area (Å²) in [4.78, 5) is 0. The zero-order chi connectivity index (χ0) is 28.9. The van der Waals surface area contributed by atoms with E-state index in [9.17, 15) is 0 Å². The van der Waals surface area contributed by atoms with Crippen LogP contribution >= 0.6 is 21.6 Å². The van der Waals surface area contributed by atoms with Crippen LogP contribution in [0.2, 0.25) is 0 Å². The maximum atomic E-state index is 3.54. The average molecular weight is 584 g/mol. The summed E-state index contributed by atoms with van der Waals surface area (Å²) in [5, 5.41) is 7.08. The second-order valence-corrected chi connectivity index (χ2v) is 12.7. The molecule has 214 valence electrons. The summed E-state index contributed by atoms with van der Waals surface area (Å²) in [7, 11) is 3.85. The summed E-state index contributed by atoms with van der Waals surface area (Å²) in [6, 6.07) is 24.0. The Morgan fingerprint density at radius 2 is 1.22 bits per heavy atom. The van der Waals surface area contributed by atoms with Gasteiger partial charge in [-0.1, -0.05) is 58.0 Å². The van der Waals surface area contributed by atoms with Gasteiger partial charge in [0, 0.05) is 67.0 Å². The number of rotatable bonds is 15. The van der Waals surface area contributed by atoms with Crippen LogP contribution in [0.1, 0.15) is 49.9 Å². The van der Waals surface area contributed by atoms with Gasteiger partial charge in [0.15, 0.2) is 12.4 Å². The first-order chi connectivity index (χ1) is 20.0. The highest BCUT2D eigenvalue weighted by atomic mass is 33.1. The lowest BCUT2D eigenvalue weighted by Gasteiger charge is -2.08. The van der Waals surface area contributed by atoms with E-state index in [2.05, 4.69) is 151 Å². The molecule has 2 N–H and O–H groups in total. The molecule has 0 bridgehead atoms. The Balaban J connectivity index is 1.09. The van der Waals surface area contributed by atoms with Crippen LogP contribution in [0.4, 0.5) is 11.4 Å². The van der Waals surface area contributed by atoms with Gasteiger partial charge >= 0.3 is 0 Å². The third kappa shape index (κ3) is 9.91. The molecule has 4 nitrogen and oxygen atoms in total. The molecule has 0 aliphatic carbocycles. The molecule has 41 heavy (non-hydrogen) atoms. The number of anilines is 2. The minimum Gasteiger partial charge on any atom is -0.384 e. The van der Waals surface area contributed by atoms with Crippen LogP contribution in [-0.4, -0.2) is 29.2 Å². The summed E-state index contributed by atoms with van der Waals surface area (Å²) in [5.74, 6) is 2.14. The highest BCUT2D eigenvalue weighted by Crippen LogP contribution is 2.23. The number of allylic oxidation sites excluding steroid dienone is 2. The highest BCUT2D eigenvalue weighted by molar-refractivity contribution is 8.76. The number of nitrogens with one attached hydrogen (secondary N) is 2. The summed E-state index contributed by atoms with van der Waals surface area (Å²) < 4.78 is 4.39. The van der Waals surface area contributed by atoms with Crippen LogP contribution in [0.5, 0.6) is 0 Å². The fourth-order valence-corrected chi connectivity index (χ4v) is 6.27. The van der Waals surface area contributed by atoms with E-state index >= 15 is 0 Å². The van der Waals surface area contributed by atoms with Gasteiger partial charge in [0.25, 0.3) is 0 Å². The Bertz CT molecular complexity index is 1400. The highest BCUT2D eigenvalue weighted by Gasteiger charge is 2.02. The van der Waals surface area contributed by atoms with Gasteiger partial charge in [-0.05, 0) is 91.4 Å². The van der Waals surface area contributed by atoms with E-state index < -0.39 is 0 Å². The van der Waals surface area contributed by atoms with E-state index in [1.165, 1.54) is 44.8 Å². The Morgan fingerprint density at radius 3 is 1.68 bits per heavy atom. The second kappa shape index (κ2) is 16.2. The lowest BCUT2D eigenvalue weighted by molar-refractivity contribution is -0.693. The average Bonchev–Trinajstić information content (AvgIpc) is 3.50. The number of aromatic nitrogens is 2. The molecule has 4 aromatic rings. The number of benzene rings is 2. The van der Waals surface area contributed by atoms with E-state index in [-0.39, 0.29) is 0 Å². The smallest absolute Gasteiger partial charge is 0.169 e. The third-order valence-electron chi connectivity index (χ3n) is 6.98. The molecule has 0 saturated heterocycles. The summed E-state index contributed by atoms with van der Waals surface area (Å²) in [6.07, 6.45) is 13.1. The molecule has 2 aromatic carbocycles. The Hall–Kier alpha value is -3.35. The first-order valence-electron chi connectivity index (χ1n) is 14.5. The summed E-state index contributed by atoms with van der Waals surface area (Å²) in [6.45, 7) is 12.6. The standard InChI is InChI=1S/C35H42N4S2/c1-5-38-20-15-32(16-21-38)28(3)25-30-7-11-34(12-8-30)36-18-23-40-41-24-19-37-35-13-9-31(10-14-35)26-29(4)33-17-22-39(6-2)27-33/h7-17,20-22,25-27,37H,5-6,18-19,23-24H2,1-4H3/p+1/b29-26+. The van der Waals surface area contributed by atoms with E-state index in [1.54, 1.807) is 0 Å². The van der Waals surface area contributed by atoms with Crippen LogP contribution in [0.15, 0.2) is 91.5 Å². The topological polar surface area (TPSA) is 32.9 Å². The van der Waals surface area contributed by atoms with Crippen LogP contribution in [0.3, 0.4) is 0 Å². The maximum Gasteiger partial charge on any atom is 0.169 e. The van der Waals surface area contributed by atoms with Crippen molar-refractivity contribution in [3.8, 4) is 0 Å². The zero-order valence-electron chi connectivity index (χ0n) is 24.8. The number of nitrogens with zero attached hydrogens (tertiary/aromatic N) is 2. The minimum atomic E-state index is 0.957. The van der Waals surface area contributed by atoms with Gasteiger partial charge in [-0.2, -0.15) is 0 Å². The predicted molar refractivity (Wildman–Crippen MR) is 184 cm³/mol. The van der Waals surface area contributed by atoms with Crippen molar-refractivity contribution >= 4 is 56.3 Å². The van der Waals surface area contributed by atoms with Crippen LogP contribution in [0.25, 0.3) is 23.3 Å². The second-order valence-electron chi connectivity index (χ2n) is 10.0. The van der Waals surface area contributed by atoms with Crippen molar-refractivity contribution in [1.82, 2.24) is 4.57 Å². The van der Waals surface area contributed by atoms with Gasteiger partial charge in [-0.15, -0.1) is 0 Å². The molecular weight excluding hydrogens is 541 g/mol. The number of hydrogen-bond acceptors (Lipinski definition) is 4. The van der Waals surface area contributed by atoms with Crippen molar-refractivity contribution in [2.75, 3.05) is 35.2 Å². The molecule has 0 amide bonds. The van der Waals surface area contributed by atoms with Gasteiger partial charge in [0.05, 0.1) is 0 Å². The van der Waals surface area contributed by atoms with E-state index in [1.807, 2.05) is 21.6 Å². The molecule has 6 heteroatoms. The SMILES string of the molecule is CCn1ccc(/C(C)=C/c2ccc(NCCSSCCNc3ccc(/C=C(\C)c4cc[n+](CC)cc4)cc3)cc2)c1. The number of hydrogen-bond donors (Lipinski definition) is 2.